The number of rotatable bonds is 5. The quantitative estimate of drug-likeness (QED) is 0.315. The minimum absolute atomic E-state index is 0.782. The van der Waals surface area contributed by atoms with Crippen LogP contribution in [-0.4, -0.2) is 30.1 Å². The Balaban J connectivity index is 0.00000126. The second-order valence-electron chi connectivity index (χ2n) is 7.18. The lowest BCUT2D eigenvalue weighted by Crippen LogP contribution is -1.89. The molecule has 0 spiro atoms. The third kappa shape index (κ3) is 4.36. The number of hydrogen-bond donors (Lipinski definition) is 2. The molecule has 0 saturated heterocycles. The van der Waals surface area contributed by atoms with E-state index in [1.807, 2.05) is 62.5 Å². The number of aryl methyl sites for hydroxylation is 1. The average molecular weight is 435 g/mol. The van der Waals surface area contributed by atoms with Gasteiger partial charge in [0.15, 0.2) is 0 Å². The molecule has 0 atom stereocenters. The third-order valence-corrected chi connectivity index (χ3v) is 5.20. The lowest BCUT2D eigenvalue weighted by molar-refractivity contribution is 1.11. The van der Waals surface area contributed by atoms with E-state index in [0.717, 1.165) is 56.1 Å². The van der Waals surface area contributed by atoms with Crippen LogP contribution in [0.2, 0.25) is 0 Å². The smallest absolute Gasteiger partial charge is 0.135 e. The van der Waals surface area contributed by atoms with E-state index in [9.17, 15) is 0 Å². The van der Waals surface area contributed by atoms with E-state index in [4.69, 9.17) is 4.98 Å². The summed E-state index contributed by atoms with van der Waals surface area (Å²) < 4.78 is 0. The molecule has 6 heteroatoms. The van der Waals surface area contributed by atoms with E-state index in [0.29, 0.717) is 0 Å². The molecule has 5 aromatic heterocycles. The van der Waals surface area contributed by atoms with Crippen LogP contribution in [0, 0.1) is 6.92 Å². The number of aromatic nitrogens is 6. The van der Waals surface area contributed by atoms with Crippen molar-refractivity contribution in [2.24, 2.45) is 0 Å². The van der Waals surface area contributed by atoms with Gasteiger partial charge in [-0.1, -0.05) is 38.6 Å². The number of nitrogens with one attached hydrogen (secondary N) is 2. The van der Waals surface area contributed by atoms with Gasteiger partial charge in [0.25, 0.3) is 0 Å². The first-order valence-electron chi connectivity index (χ1n) is 10.9. The van der Waals surface area contributed by atoms with Crippen molar-refractivity contribution in [1.82, 2.24) is 30.1 Å². The van der Waals surface area contributed by atoms with Gasteiger partial charge < -0.3 is 4.98 Å². The van der Waals surface area contributed by atoms with Gasteiger partial charge in [0.05, 0.1) is 16.9 Å². The van der Waals surface area contributed by atoms with Gasteiger partial charge >= 0.3 is 0 Å². The summed E-state index contributed by atoms with van der Waals surface area (Å²) >= 11 is 0. The van der Waals surface area contributed by atoms with E-state index < -0.39 is 0 Å². The SMILES string of the molecule is C=C/C=C(/c1cccnc1)c1cc(-c2n[nH]c3ccc(-c4ccncc4)nc23)[nH]c1C.CC. The van der Waals surface area contributed by atoms with Crippen molar-refractivity contribution in [2.45, 2.75) is 20.8 Å². The topological polar surface area (TPSA) is 83.1 Å². The van der Waals surface area contributed by atoms with Gasteiger partial charge in [-0.2, -0.15) is 5.10 Å². The Morgan fingerprint density at radius 3 is 2.55 bits per heavy atom. The number of pyridine rings is 3. The Morgan fingerprint density at radius 2 is 1.82 bits per heavy atom. The van der Waals surface area contributed by atoms with Gasteiger partial charge in [-0.3, -0.25) is 15.1 Å². The van der Waals surface area contributed by atoms with Crippen molar-refractivity contribution < 1.29 is 0 Å². The Morgan fingerprint density at radius 1 is 1.00 bits per heavy atom. The molecule has 2 N–H and O–H groups in total. The zero-order chi connectivity index (χ0) is 23.2. The van der Waals surface area contributed by atoms with Crippen LogP contribution in [0.4, 0.5) is 0 Å². The van der Waals surface area contributed by atoms with Crippen molar-refractivity contribution in [3.05, 3.63) is 103 Å². The molecule has 6 nitrogen and oxygen atoms in total. The molecule has 0 fully saturated rings. The molecule has 164 valence electrons. The Bertz CT molecular complexity index is 1390. The summed E-state index contributed by atoms with van der Waals surface area (Å²) in [6, 6.07) is 14.0. The fourth-order valence-electron chi connectivity index (χ4n) is 3.72. The Kier molecular flexibility index (Phi) is 6.55. The highest BCUT2D eigenvalue weighted by molar-refractivity contribution is 5.92. The number of allylic oxidation sites excluding steroid dienone is 2. The highest BCUT2D eigenvalue weighted by atomic mass is 15.1. The van der Waals surface area contributed by atoms with Gasteiger partial charge in [0.2, 0.25) is 0 Å². The van der Waals surface area contributed by atoms with Crippen molar-refractivity contribution in [2.75, 3.05) is 0 Å². The average Bonchev–Trinajstić information content (AvgIpc) is 3.47. The highest BCUT2D eigenvalue weighted by Gasteiger charge is 2.17. The van der Waals surface area contributed by atoms with Crippen molar-refractivity contribution >= 4 is 16.6 Å². The minimum atomic E-state index is 0.782. The highest BCUT2D eigenvalue weighted by Crippen LogP contribution is 2.32. The summed E-state index contributed by atoms with van der Waals surface area (Å²) in [5.74, 6) is 0. The van der Waals surface area contributed by atoms with Crippen LogP contribution in [0.25, 0.3) is 39.3 Å². The van der Waals surface area contributed by atoms with Gasteiger partial charge in [0.1, 0.15) is 11.2 Å². The van der Waals surface area contributed by atoms with Gasteiger partial charge in [0, 0.05) is 47.2 Å². The van der Waals surface area contributed by atoms with Crippen LogP contribution >= 0.6 is 0 Å². The van der Waals surface area contributed by atoms with Crippen LogP contribution in [-0.2, 0) is 0 Å². The van der Waals surface area contributed by atoms with Gasteiger partial charge in [-0.25, -0.2) is 4.98 Å². The Hall–Kier alpha value is -4.32. The van der Waals surface area contributed by atoms with Gasteiger partial charge in [-0.05, 0) is 48.9 Å². The molecule has 33 heavy (non-hydrogen) atoms. The van der Waals surface area contributed by atoms with E-state index >= 15 is 0 Å². The maximum Gasteiger partial charge on any atom is 0.135 e. The van der Waals surface area contributed by atoms with E-state index in [-0.39, 0.29) is 0 Å². The monoisotopic (exact) mass is 434 g/mol. The number of aromatic amines is 2. The second-order valence-corrected chi connectivity index (χ2v) is 7.18. The normalized spacial score (nSPS) is 11.2. The molecule has 0 aromatic carbocycles. The maximum absolute atomic E-state index is 4.88. The minimum Gasteiger partial charge on any atom is -0.357 e. The van der Waals surface area contributed by atoms with Crippen molar-refractivity contribution in [3.63, 3.8) is 0 Å². The standard InChI is InChI=1S/C25H20N6.C2H6/c1-3-5-19(18-6-4-11-27-15-18)20-14-23(28-16(20)2)25-24-22(30-31-25)8-7-21(29-24)17-9-12-26-13-10-17;1-2/h3-15,28H,1H2,2H3,(H,30,31);1-2H3/b19-5-;. The second kappa shape index (κ2) is 9.87. The molecular weight excluding hydrogens is 408 g/mol. The maximum atomic E-state index is 4.88. The summed E-state index contributed by atoms with van der Waals surface area (Å²) in [6.45, 7) is 9.93. The third-order valence-electron chi connectivity index (χ3n) is 5.20. The molecule has 0 radical (unpaired) electrons. The summed E-state index contributed by atoms with van der Waals surface area (Å²) in [4.78, 5) is 16.7. The first kappa shape index (κ1) is 21.9. The van der Waals surface area contributed by atoms with E-state index in [1.54, 1.807) is 24.7 Å². The molecular formula is C27H26N6. The van der Waals surface area contributed by atoms with Crippen molar-refractivity contribution in [3.8, 4) is 22.6 Å². The van der Waals surface area contributed by atoms with Crippen LogP contribution in [0.15, 0.2) is 86.0 Å². The number of nitrogens with zero attached hydrogens (tertiary/aromatic N) is 4. The lowest BCUT2D eigenvalue weighted by atomic mass is 9.99. The van der Waals surface area contributed by atoms with Crippen LogP contribution < -0.4 is 0 Å². The lowest BCUT2D eigenvalue weighted by Gasteiger charge is -2.06. The Labute approximate surface area is 193 Å². The number of H-pyrrole nitrogens is 2. The molecule has 5 rings (SSSR count). The fourth-order valence-corrected chi connectivity index (χ4v) is 3.72. The predicted molar refractivity (Wildman–Crippen MR) is 135 cm³/mol. The first-order chi connectivity index (χ1) is 16.2. The summed E-state index contributed by atoms with van der Waals surface area (Å²) in [6.07, 6.45) is 11.0. The van der Waals surface area contributed by atoms with Gasteiger partial charge in [-0.15, -0.1) is 0 Å². The summed E-state index contributed by atoms with van der Waals surface area (Å²) in [5.41, 5.74) is 9.46. The van der Waals surface area contributed by atoms with E-state index in [1.165, 1.54) is 0 Å². The molecule has 0 amide bonds. The van der Waals surface area contributed by atoms with Crippen LogP contribution in [0.5, 0.6) is 0 Å². The van der Waals surface area contributed by atoms with E-state index in [2.05, 4.69) is 44.7 Å². The molecule has 0 aliphatic carbocycles. The van der Waals surface area contributed by atoms with Crippen LogP contribution in [0.3, 0.4) is 0 Å². The molecule has 0 aliphatic rings. The fraction of sp³-hybridized carbons (Fsp3) is 0.111. The molecule has 0 unspecified atom stereocenters. The molecule has 0 saturated carbocycles. The molecule has 5 heterocycles. The molecule has 0 aliphatic heterocycles. The molecule has 0 bridgehead atoms. The number of fused-ring (bicyclic) bond motifs is 1. The summed E-state index contributed by atoms with van der Waals surface area (Å²) in [7, 11) is 0. The van der Waals surface area contributed by atoms with Crippen molar-refractivity contribution in [1.29, 1.82) is 0 Å². The largest absolute Gasteiger partial charge is 0.357 e. The molecule has 5 aromatic rings. The predicted octanol–water partition coefficient (Wildman–Crippen LogP) is 6.36. The first-order valence-corrected chi connectivity index (χ1v) is 10.9. The summed E-state index contributed by atoms with van der Waals surface area (Å²) in [5, 5.41) is 7.64. The zero-order valence-electron chi connectivity index (χ0n) is 19.0. The van der Waals surface area contributed by atoms with Crippen LogP contribution in [0.1, 0.15) is 30.7 Å². The zero-order valence-corrected chi connectivity index (χ0v) is 19.0. The number of hydrogen-bond acceptors (Lipinski definition) is 4.